The fraction of sp³-hybridized carbons (Fsp3) is 0.0500. The average molecular weight is 385 g/mol. The molecule has 0 aliphatic carbocycles. The van der Waals surface area contributed by atoms with Crippen LogP contribution in [0.15, 0.2) is 72.8 Å². The van der Waals surface area contributed by atoms with E-state index in [-0.39, 0.29) is 17.7 Å². The Bertz CT molecular complexity index is 977. The first-order valence-corrected chi connectivity index (χ1v) is 9.07. The van der Waals surface area contributed by atoms with Gasteiger partial charge in [0.05, 0.1) is 17.8 Å². The first-order valence-electron chi connectivity index (χ1n) is 8.01. The molecule has 27 heavy (non-hydrogen) atoms. The quantitative estimate of drug-likeness (QED) is 0.619. The molecule has 0 spiro atoms. The Kier molecular flexibility index (Phi) is 5.63. The first kappa shape index (κ1) is 18.8. The number of halogens is 1. The zero-order chi connectivity index (χ0) is 19.4. The normalized spacial score (nSPS) is 11.8. The monoisotopic (exact) mass is 385 g/mol. The van der Waals surface area contributed by atoms with Crippen LogP contribution in [0.1, 0.15) is 15.9 Å². The van der Waals surface area contributed by atoms with Gasteiger partial charge in [-0.15, -0.1) is 0 Å². The molecular formula is C20H16FNO4S. The van der Waals surface area contributed by atoms with Crippen LogP contribution in [0.3, 0.4) is 0 Å². The van der Waals surface area contributed by atoms with E-state index in [4.69, 9.17) is 5.11 Å². The molecule has 1 unspecified atom stereocenters. The molecule has 0 aliphatic rings. The van der Waals surface area contributed by atoms with E-state index in [1.165, 1.54) is 6.07 Å². The highest BCUT2D eigenvalue weighted by Crippen LogP contribution is 2.25. The summed E-state index contributed by atoms with van der Waals surface area (Å²) in [6, 6.07) is 20.0. The number of benzene rings is 3. The van der Waals surface area contributed by atoms with Crippen LogP contribution >= 0.6 is 0 Å². The summed E-state index contributed by atoms with van der Waals surface area (Å²) in [6.07, 6.45) is 0. The summed E-state index contributed by atoms with van der Waals surface area (Å²) < 4.78 is 36.2. The van der Waals surface area contributed by atoms with E-state index >= 15 is 0 Å². The van der Waals surface area contributed by atoms with Crippen molar-refractivity contribution in [2.24, 2.45) is 0 Å². The molecule has 0 saturated heterocycles. The van der Waals surface area contributed by atoms with Crippen LogP contribution in [0, 0.1) is 5.82 Å². The maximum absolute atomic E-state index is 13.7. The van der Waals surface area contributed by atoms with Gasteiger partial charge in [-0.25, -0.2) is 13.4 Å². The number of carboxylic acid groups (broad SMARTS) is 1. The zero-order valence-corrected chi connectivity index (χ0v) is 14.9. The largest absolute Gasteiger partial charge is 0.478 e. The van der Waals surface area contributed by atoms with Crippen LogP contribution in [-0.2, 0) is 17.8 Å². The van der Waals surface area contributed by atoms with Crippen molar-refractivity contribution in [3.63, 3.8) is 0 Å². The SMILES string of the molecule is O=C(O)c1cc(F)cc(CN(c2ccc(-c3ccccc3)cc2)S(=O)O)c1. The maximum Gasteiger partial charge on any atom is 0.335 e. The molecule has 2 N–H and O–H groups in total. The van der Waals surface area contributed by atoms with Crippen molar-refractivity contribution in [3.8, 4) is 11.1 Å². The standard InChI is InChI=1S/C20H16FNO4S/c21-18-11-14(10-17(12-18)20(23)24)13-22(27(25)26)19-8-6-16(7-9-19)15-4-2-1-3-5-15/h1-12H,13H2,(H,23,24)(H,25,26). The molecule has 0 bridgehead atoms. The second-order valence-electron chi connectivity index (χ2n) is 5.83. The van der Waals surface area contributed by atoms with Gasteiger partial charge in [0, 0.05) is 0 Å². The Morgan fingerprint density at radius 2 is 1.59 bits per heavy atom. The third-order valence-corrected chi connectivity index (χ3v) is 4.70. The van der Waals surface area contributed by atoms with Crippen LogP contribution in [-0.4, -0.2) is 19.8 Å². The minimum atomic E-state index is -2.37. The molecule has 0 radical (unpaired) electrons. The first-order chi connectivity index (χ1) is 12.9. The van der Waals surface area contributed by atoms with Gasteiger partial charge in [0.15, 0.2) is 0 Å². The van der Waals surface area contributed by atoms with Crippen molar-refractivity contribution in [3.05, 3.63) is 89.7 Å². The molecule has 3 aromatic carbocycles. The average Bonchev–Trinajstić information content (AvgIpc) is 2.66. The molecule has 138 valence electrons. The van der Waals surface area contributed by atoms with E-state index in [1.807, 2.05) is 42.5 Å². The van der Waals surface area contributed by atoms with E-state index in [0.717, 1.165) is 27.6 Å². The summed E-state index contributed by atoms with van der Waals surface area (Å²) in [5, 5.41) is 9.04. The lowest BCUT2D eigenvalue weighted by atomic mass is 10.1. The third kappa shape index (κ3) is 4.58. The molecule has 0 saturated carbocycles. The molecule has 7 heteroatoms. The molecule has 3 aromatic rings. The van der Waals surface area contributed by atoms with Crippen molar-refractivity contribution in [2.45, 2.75) is 6.54 Å². The lowest BCUT2D eigenvalue weighted by Crippen LogP contribution is -2.24. The van der Waals surface area contributed by atoms with E-state index < -0.39 is 23.1 Å². The smallest absolute Gasteiger partial charge is 0.335 e. The topological polar surface area (TPSA) is 77.8 Å². The Balaban J connectivity index is 1.88. The van der Waals surface area contributed by atoms with Crippen molar-refractivity contribution in [2.75, 3.05) is 4.31 Å². The van der Waals surface area contributed by atoms with Gasteiger partial charge in [-0.3, -0.25) is 8.86 Å². The van der Waals surface area contributed by atoms with Crippen molar-refractivity contribution in [1.29, 1.82) is 0 Å². The summed E-state index contributed by atoms with van der Waals surface area (Å²) in [5.41, 5.74) is 2.48. The number of carboxylic acids is 1. The molecule has 0 fully saturated rings. The number of rotatable bonds is 6. The van der Waals surface area contributed by atoms with Gasteiger partial charge in [-0.05, 0) is 47.0 Å². The summed E-state index contributed by atoms with van der Waals surface area (Å²) in [6.45, 7) is -0.119. The Labute approximate surface area is 158 Å². The Morgan fingerprint density at radius 3 is 2.19 bits per heavy atom. The van der Waals surface area contributed by atoms with Crippen LogP contribution in [0.25, 0.3) is 11.1 Å². The fourth-order valence-electron chi connectivity index (χ4n) is 2.72. The van der Waals surface area contributed by atoms with Crippen LogP contribution in [0.5, 0.6) is 0 Å². The zero-order valence-electron chi connectivity index (χ0n) is 14.1. The highest BCUT2D eigenvalue weighted by atomic mass is 32.2. The molecule has 0 aromatic heterocycles. The number of anilines is 1. The number of hydrogen-bond acceptors (Lipinski definition) is 2. The molecule has 0 amide bonds. The Hall–Kier alpha value is -3.03. The second-order valence-corrected chi connectivity index (χ2v) is 6.74. The van der Waals surface area contributed by atoms with E-state index in [2.05, 4.69) is 0 Å². The molecule has 0 aliphatic heterocycles. The maximum atomic E-state index is 13.7. The summed E-state index contributed by atoms with van der Waals surface area (Å²) >= 11 is -2.37. The fourth-order valence-corrected chi connectivity index (χ4v) is 3.28. The number of carbonyl (C=O) groups is 1. The number of nitrogens with zero attached hydrogens (tertiary/aromatic N) is 1. The lowest BCUT2D eigenvalue weighted by Gasteiger charge is -2.20. The Morgan fingerprint density at radius 1 is 0.963 bits per heavy atom. The van der Waals surface area contributed by atoms with Crippen molar-refractivity contribution >= 4 is 22.9 Å². The van der Waals surface area contributed by atoms with Gasteiger partial charge < -0.3 is 5.11 Å². The van der Waals surface area contributed by atoms with Gasteiger partial charge in [0.2, 0.25) is 0 Å². The van der Waals surface area contributed by atoms with Crippen LogP contribution in [0.2, 0.25) is 0 Å². The summed E-state index contributed by atoms with van der Waals surface area (Å²) in [7, 11) is 0. The molecule has 0 heterocycles. The molecular weight excluding hydrogens is 369 g/mol. The summed E-state index contributed by atoms with van der Waals surface area (Å²) in [4.78, 5) is 11.1. The van der Waals surface area contributed by atoms with Crippen molar-refractivity contribution < 1.29 is 23.1 Å². The number of hydrogen-bond donors (Lipinski definition) is 2. The predicted octanol–water partition coefficient (Wildman–Crippen LogP) is 4.33. The van der Waals surface area contributed by atoms with Gasteiger partial charge in [-0.2, -0.15) is 0 Å². The van der Waals surface area contributed by atoms with Crippen molar-refractivity contribution in [1.82, 2.24) is 0 Å². The van der Waals surface area contributed by atoms with E-state index in [1.54, 1.807) is 12.1 Å². The third-order valence-electron chi connectivity index (χ3n) is 3.98. The summed E-state index contributed by atoms with van der Waals surface area (Å²) in [5.74, 6) is -1.98. The molecule has 1 atom stereocenters. The van der Waals surface area contributed by atoms with Crippen LogP contribution < -0.4 is 4.31 Å². The van der Waals surface area contributed by atoms with Gasteiger partial charge >= 0.3 is 5.97 Å². The number of aromatic carboxylic acids is 1. The molecule has 3 rings (SSSR count). The van der Waals surface area contributed by atoms with Crippen LogP contribution in [0.4, 0.5) is 10.1 Å². The lowest BCUT2D eigenvalue weighted by molar-refractivity contribution is 0.0696. The highest BCUT2D eigenvalue weighted by Gasteiger charge is 2.15. The minimum Gasteiger partial charge on any atom is -0.478 e. The predicted molar refractivity (Wildman–Crippen MR) is 102 cm³/mol. The van der Waals surface area contributed by atoms with E-state index in [0.29, 0.717) is 5.69 Å². The second kappa shape index (κ2) is 8.11. The minimum absolute atomic E-state index is 0.119. The molecule has 5 nitrogen and oxygen atoms in total. The van der Waals surface area contributed by atoms with Gasteiger partial charge in [0.25, 0.3) is 11.3 Å². The highest BCUT2D eigenvalue weighted by molar-refractivity contribution is 7.80. The van der Waals surface area contributed by atoms with Gasteiger partial charge in [-0.1, -0.05) is 42.5 Å². The van der Waals surface area contributed by atoms with Gasteiger partial charge in [0.1, 0.15) is 5.82 Å². The van der Waals surface area contributed by atoms with E-state index in [9.17, 15) is 17.9 Å².